The lowest BCUT2D eigenvalue weighted by Crippen LogP contribution is -2.33. The second kappa shape index (κ2) is 9.80. The Kier molecular flexibility index (Phi) is 6.72. The van der Waals surface area contributed by atoms with E-state index in [4.69, 9.17) is 9.40 Å². The summed E-state index contributed by atoms with van der Waals surface area (Å²) in [6.07, 6.45) is 6.04. The number of hydrogen-bond acceptors (Lipinski definition) is 7. The molecule has 1 aliphatic heterocycles. The third kappa shape index (κ3) is 4.83. The fourth-order valence-electron chi connectivity index (χ4n) is 5.37. The number of carbonyl (C=O) groups excluding carboxylic acids is 1. The molecule has 0 unspecified atom stereocenters. The number of thioether (sulfide) groups is 1. The first-order valence-corrected chi connectivity index (χ1v) is 13.8. The summed E-state index contributed by atoms with van der Waals surface area (Å²) >= 11 is 1.92. The van der Waals surface area contributed by atoms with Crippen LogP contribution in [-0.2, 0) is 5.54 Å². The number of nitro groups is 1. The van der Waals surface area contributed by atoms with E-state index in [2.05, 4.69) is 41.6 Å². The Balaban J connectivity index is 1.60. The number of imidazole rings is 1. The Bertz CT molecular complexity index is 1280. The van der Waals surface area contributed by atoms with E-state index in [0.29, 0.717) is 11.6 Å². The van der Waals surface area contributed by atoms with Gasteiger partial charge in [-0.2, -0.15) is 11.8 Å². The van der Waals surface area contributed by atoms with E-state index >= 15 is 0 Å². The molecule has 0 atom stereocenters. The van der Waals surface area contributed by atoms with Gasteiger partial charge in [0.15, 0.2) is 5.76 Å². The smallest absolute Gasteiger partial charge is 0.395 e. The average Bonchev–Trinajstić information content (AvgIpc) is 3.50. The topological polar surface area (TPSA) is 106 Å². The highest BCUT2D eigenvalue weighted by molar-refractivity contribution is 7.99. The maximum Gasteiger partial charge on any atom is 0.433 e. The summed E-state index contributed by atoms with van der Waals surface area (Å²) in [5.41, 5.74) is 3.36. The van der Waals surface area contributed by atoms with E-state index in [1.165, 1.54) is 31.4 Å². The van der Waals surface area contributed by atoms with Crippen molar-refractivity contribution >= 4 is 46.0 Å². The number of nitrogens with zero attached hydrogens (tertiary/aromatic N) is 4. The van der Waals surface area contributed by atoms with E-state index in [9.17, 15) is 14.9 Å². The van der Waals surface area contributed by atoms with Gasteiger partial charge in [-0.15, -0.1) is 0 Å². The molecule has 2 aromatic heterocycles. The van der Waals surface area contributed by atoms with Gasteiger partial charge in [0.25, 0.3) is 5.91 Å². The molecule has 1 aliphatic carbocycles. The summed E-state index contributed by atoms with van der Waals surface area (Å²) in [6, 6.07) is 6.65. The molecule has 0 bridgehead atoms. The number of amides is 1. The van der Waals surface area contributed by atoms with Crippen molar-refractivity contribution in [2.24, 2.45) is 0 Å². The molecule has 9 nitrogen and oxygen atoms in total. The molecule has 3 heterocycles. The van der Waals surface area contributed by atoms with Crippen molar-refractivity contribution in [1.29, 1.82) is 0 Å². The molecule has 36 heavy (non-hydrogen) atoms. The van der Waals surface area contributed by atoms with Crippen molar-refractivity contribution in [3.63, 3.8) is 0 Å². The fraction of sp³-hybridized carbons (Fsp3) is 0.538. The van der Waals surface area contributed by atoms with Crippen LogP contribution >= 0.6 is 11.8 Å². The van der Waals surface area contributed by atoms with E-state index in [-0.39, 0.29) is 11.3 Å². The summed E-state index contributed by atoms with van der Waals surface area (Å²) in [5.74, 6) is 2.53. The first-order valence-electron chi connectivity index (χ1n) is 12.7. The third-order valence-electron chi connectivity index (χ3n) is 7.03. The fourth-order valence-corrected chi connectivity index (χ4v) is 6.27. The van der Waals surface area contributed by atoms with Crippen LogP contribution in [0.5, 0.6) is 0 Å². The van der Waals surface area contributed by atoms with Gasteiger partial charge in [-0.05, 0) is 51.8 Å². The Hall–Kier alpha value is -3.01. The van der Waals surface area contributed by atoms with Crippen LogP contribution in [0.2, 0.25) is 0 Å². The van der Waals surface area contributed by atoms with Gasteiger partial charge < -0.3 is 19.2 Å². The van der Waals surface area contributed by atoms with E-state index < -0.39 is 16.7 Å². The molecular weight excluding hydrogens is 478 g/mol. The quantitative estimate of drug-likeness (QED) is 0.324. The number of aromatic nitrogens is 2. The molecule has 10 heteroatoms. The Labute approximate surface area is 214 Å². The third-order valence-corrected chi connectivity index (χ3v) is 7.98. The maximum atomic E-state index is 13.0. The average molecular weight is 512 g/mol. The molecule has 1 saturated heterocycles. The van der Waals surface area contributed by atoms with Crippen LogP contribution in [-0.4, -0.2) is 45.0 Å². The van der Waals surface area contributed by atoms with Gasteiger partial charge in [-0.1, -0.05) is 19.3 Å². The standard InChI is InChI=1S/C26H33N5O4S/c1-26(2,3)30-21-16-20(29-11-13-36-14-12-29)18(28-25(32)22-9-10-23(35-22)31(33)34)15-19(21)27-24(30)17-7-5-4-6-8-17/h9-10,15-17H,4-8,11-14H2,1-3H3,(H,28,32). The summed E-state index contributed by atoms with van der Waals surface area (Å²) < 4.78 is 7.54. The molecule has 0 radical (unpaired) electrons. The molecule has 192 valence electrons. The van der Waals surface area contributed by atoms with Gasteiger partial charge in [-0.3, -0.25) is 14.9 Å². The van der Waals surface area contributed by atoms with Gasteiger partial charge >= 0.3 is 5.88 Å². The molecule has 5 rings (SSSR count). The van der Waals surface area contributed by atoms with Crippen molar-refractivity contribution in [3.05, 3.63) is 46.0 Å². The van der Waals surface area contributed by atoms with Gasteiger partial charge in [0.05, 0.1) is 28.5 Å². The lowest BCUT2D eigenvalue weighted by atomic mass is 9.88. The van der Waals surface area contributed by atoms with Crippen LogP contribution < -0.4 is 10.2 Å². The molecule has 1 N–H and O–H groups in total. The van der Waals surface area contributed by atoms with Crippen molar-refractivity contribution < 1.29 is 14.1 Å². The number of hydrogen-bond donors (Lipinski definition) is 1. The van der Waals surface area contributed by atoms with Gasteiger partial charge in [0, 0.05) is 36.1 Å². The molecule has 3 aromatic rings. The molecular formula is C26H33N5O4S. The van der Waals surface area contributed by atoms with Crippen LogP contribution in [0.15, 0.2) is 28.7 Å². The van der Waals surface area contributed by atoms with Gasteiger partial charge in [0.2, 0.25) is 0 Å². The zero-order chi connectivity index (χ0) is 25.4. The van der Waals surface area contributed by atoms with Crippen LogP contribution in [0.4, 0.5) is 17.3 Å². The number of carbonyl (C=O) groups is 1. The monoisotopic (exact) mass is 511 g/mol. The molecule has 1 amide bonds. The van der Waals surface area contributed by atoms with E-state index in [0.717, 1.165) is 60.0 Å². The molecule has 1 saturated carbocycles. The van der Waals surface area contributed by atoms with Crippen molar-refractivity contribution in [3.8, 4) is 0 Å². The normalized spacial score (nSPS) is 17.5. The SMILES string of the molecule is CC(C)(C)n1c(C2CCCCC2)nc2cc(NC(=O)c3ccc([N+](=O)[O-])o3)c(N3CCSCC3)cc21. The van der Waals surface area contributed by atoms with E-state index in [1.54, 1.807) is 0 Å². The Morgan fingerprint density at radius 1 is 1.17 bits per heavy atom. The largest absolute Gasteiger partial charge is 0.433 e. The summed E-state index contributed by atoms with van der Waals surface area (Å²) in [4.78, 5) is 30.8. The Morgan fingerprint density at radius 3 is 2.53 bits per heavy atom. The van der Waals surface area contributed by atoms with Crippen molar-refractivity contribution in [1.82, 2.24) is 9.55 Å². The lowest BCUT2D eigenvalue weighted by molar-refractivity contribution is -0.402. The zero-order valence-corrected chi connectivity index (χ0v) is 21.9. The van der Waals surface area contributed by atoms with Crippen LogP contribution in [0.25, 0.3) is 11.0 Å². The highest BCUT2D eigenvalue weighted by Crippen LogP contribution is 2.40. The molecule has 2 fully saturated rings. The predicted octanol–water partition coefficient (Wildman–Crippen LogP) is 6.15. The minimum Gasteiger partial charge on any atom is -0.395 e. The molecule has 1 aromatic carbocycles. The van der Waals surface area contributed by atoms with Crippen LogP contribution in [0, 0.1) is 10.1 Å². The molecule has 0 spiro atoms. The number of rotatable bonds is 5. The number of nitrogens with one attached hydrogen (secondary N) is 1. The minimum absolute atomic E-state index is 0.0925. The zero-order valence-electron chi connectivity index (χ0n) is 21.1. The summed E-state index contributed by atoms with van der Waals surface area (Å²) in [7, 11) is 0. The number of benzene rings is 1. The first-order chi connectivity index (χ1) is 17.2. The lowest BCUT2D eigenvalue weighted by Gasteiger charge is -2.32. The van der Waals surface area contributed by atoms with Crippen LogP contribution in [0.3, 0.4) is 0 Å². The number of anilines is 2. The van der Waals surface area contributed by atoms with Gasteiger partial charge in [-0.25, -0.2) is 4.98 Å². The molecule has 2 aliphatic rings. The van der Waals surface area contributed by atoms with E-state index in [1.807, 2.05) is 17.8 Å². The first kappa shape index (κ1) is 24.7. The maximum absolute atomic E-state index is 13.0. The van der Waals surface area contributed by atoms with Crippen LogP contribution in [0.1, 0.15) is 75.2 Å². The Morgan fingerprint density at radius 2 is 1.89 bits per heavy atom. The highest BCUT2D eigenvalue weighted by Gasteiger charge is 2.29. The number of fused-ring (bicyclic) bond motifs is 1. The predicted molar refractivity (Wildman–Crippen MR) is 143 cm³/mol. The second-order valence-electron chi connectivity index (χ2n) is 10.6. The second-order valence-corrected chi connectivity index (χ2v) is 11.8. The van der Waals surface area contributed by atoms with Crippen molar-refractivity contribution in [2.45, 2.75) is 64.3 Å². The minimum atomic E-state index is -0.647. The highest BCUT2D eigenvalue weighted by atomic mass is 32.2. The number of furan rings is 1. The summed E-state index contributed by atoms with van der Waals surface area (Å²) in [5, 5.41) is 14.0. The summed E-state index contributed by atoms with van der Waals surface area (Å²) in [6.45, 7) is 8.42. The van der Waals surface area contributed by atoms with Crippen molar-refractivity contribution in [2.75, 3.05) is 34.8 Å². The van der Waals surface area contributed by atoms with Gasteiger partial charge in [0.1, 0.15) is 10.7 Å².